The lowest BCUT2D eigenvalue weighted by Crippen LogP contribution is -2.20. The fraction of sp³-hybridized carbons (Fsp3) is 0.643. The second-order valence-corrected chi connectivity index (χ2v) is 4.82. The molecule has 1 aromatic heterocycles. The van der Waals surface area contributed by atoms with Crippen molar-refractivity contribution in [3.8, 4) is 0 Å². The zero-order valence-corrected chi connectivity index (χ0v) is 10.7. The molecule has 1 atom stereocenters. The van der Waals surface area contributed by atoms with Crippen molar-refractivity contribution in [3.63, 3.8) is 0 Å². The Morgan fingerprint density at radius 3 is 2.62 bits per heavy atom. The Hall–Kier alpha value is -0.890. The van der Waals surface area contributed by atoms with E-state index in [-0.39, 0.29) is 0 Å². The molecule has 2 nitrogen and oxygen atoms in total. The van der Waals surface area contributed by atoms with E-state index in [4.69, 9.17) is 0 Å². The first kappa shape index (κ1) is 13.2. The number of hydrogen-bond donors (Lipinski definition) is 1. The Kier molecular flexibility index (Phi) is 6.09. The van der Waals surface area contributed by atoms with E-state index in [0.717, 1.165) is 18.2 Å². The molecule has 90 valence electrons. The molecule has 16 heavy (non-hydrogen) atoms. The Bertz CT molecular complexity index is 269. The predicted octanol–water partition coefficient (Wildman–Crippen LogP) is 3.56. The maximum absolute atomic E-state index is 4.34. The van der Waals surface area contributed by atoms with Gasteiger partial charge in [-0.2, -0.15) is 0 Å². The van der Waals surface area contributed by atoms with Gasteiger partial charge in [-0.3, -0.25) is 4.98 Å². The van der Waals surface area contributed by atoms with Crippen molar-refractivity contribution in [1.82, 2.24) is 10.3 Å². The lowest BCUT2D eigenvalue weighted by Gasteiger charge is -2.13. The quantitative estimate of drug-likeness (QED) is 0.711. The topological polar surface area (TPSA) is 24.9 Å². The maximum atomic E-state index is 4.34. The fourth-order valence-electron chi connectivity index (χ4n) is 1.73. The minimum absolute atomic E-state index is 0.361. The van der Waals surface area contributed by atoms with Gasteiger partial charge in [0.05, 0.1) is 5.69 Å². The highest BCUT2D eigenvalue weighted by atomic mass is 14.9. The molecular formula is C14H24N2. The minimum Gasteiger partial charge on any atom is -0.309 e. The van der Waals surface area contributed by atoms with Gasteiger partial charge < -0.3 is 5.32 Å². The largest absolute Gasteiger partial charge is 0.309 e. The summed E-state index contributed by atoms with van der Waals surface area (Å²) in [7, 11) is 0. The van der Waals surface area contributed by atoms with E-state index in [1.165, 1.54) is 19.3 Å². The molecule has 0 aliphatic rings. The normalized spacial score (nSPS) is 13.0. The third kappa shape index (κ3) is 5.26. The molecule has 1 aromatic rings. The Labute approximate surface area is 99.5 Å². The van der Waals surface area contributed by atoms with Crippen molar-refractivity contribution in [3.05, 3.63) is 30.1 Å². The van der Waals surface area contributed by atoms with Gasteiger partial charge >= 0.3 is 0 Å². The molecule has 0 bridgehead atoms. The highest BCUT2D eigenvalue weighted by molar-refractivity contribution is 5.07. The SMILES string of the molecule is CC(C)CCCCNC(C)c1ccccn1. The van der Waals surface area contributed by atoms with Crippen molar-refractivity contribution < 1.29 is 0 Å². The van der Waals surface area contributed by atoms with E-state index < -0.39 is 0 Å². The number of hydrogen-bond acceptors (Lipinski definition) is 2. The first-order valence-electron chi connectivity index (χ1n) is 6.34. The molecule has 0 saturated carbocycles. The van der Waals surface area contributed by atoms with Crippen LogP contribution in [0.1, 0.15) is 51.8 Å². The van der Waals surface area contributed by atoms with Crippen LogP contribution in [-0.2, 0) is 0 Å². The highest BCUT2D eigenvalue weighted by Gasteiger charge is 2.04. The zero-order valence-electron chi connectivity index (χ0n) is 10.7. The van der Waals surface area contributed by atoms with Crippen LogP contribution in [0.2, 0.25) is 0 Å². The summed E-state index contributed by atoms with van der Waals surface area (Å²) in [6.07, 6.45) is 5.76. The third-order valence-electron chi connectivity index (χ3n) is 2.79. The van der Waals surface area contributed by atoms with Crippen LogP contribution in [0, 0.1) is 5.92 Å². The summed E-state index contributed by atoms with van der Waals surface area (Å²) in [4.78, 5) is 4.34. The zero-order chi connectivity index (χ0) is 11.8. The van der Waals surface area contributed by atoms with Gasteiger partial charge in [-0.1, -0.05) is 32.8 Å². The van der Waals surface area contributed by atoms with Crippen molar-refractivity contribution in [2.75, 3.05) is 6.54 Å². The van der Waals surface area contributed by atoms with Crippen LogP contribution in [0.4, 0.5) is 0 Å². The maximum Gasteiger partial charge on any atom is 0.0570 e. The smallest absolute Gasteiger partial charge is 0.0570 e. The van der Waals surface area contributed by atoms with Gasteiger partial charge in [0.25, 0.3) is 0 Å². The Morgan fingerprint density at radius 2 is 2.00 bits per heavy atom. The van der Waals surface area contributed by atoms with Gasteiger partial charge in [-0.15, -0.1) is 0 Å². The molecule has 0 aliphatic heterocycles. The standard InChI is InChI=1S/C14H24N2/c1-12(2)8-4-6-10-15-13(3)14-9-5-7-11-16-14/h5,7,9,11-13,15H,4,6,8,10H2,1-3H3. The predicted molar refractivity (Wildman–Crippen MR) is 69.3 cm³/mol. The van der Waals surface area contributed by atoms with E-state index in [2.05, 4.69) is 37.1 Å². The highest BCUT2D eigenvalue weighted by Crippen LogP contribution is 2.09. The summed E-state index contributed by atoms with van der Waals surface area (Å²) in [5, 5.41) is 3.51. The summed E-state index contributed by atoms with van der Waals surface area (Å²) in [6.45, 7) is 7.82. The molecule has 1 N–H and O–H groups in total. The average molecular weight is 220 g/mol. The Balaban J connectivity index is 2.14. The van der Waals surface area contributed by atoms with Crippen LogP contribution in [-0.4, -0.2) is 11.5 Å². The molecule has 0 spiro atoms. The average Bonchev–Trinajstić information content (AvgIpc) is 2.29. The molecule has 1 unspecified atom stereocenters. The first-order valence-corrected chi connectivity index (χ1v) is 6.34. The molecule has 0 aromatic carbocycles. The molecule has 0 fully saturated rings. The minimum atomic E-state index is 0.361. The number of unbranched alkanes of at least 4 members (excludes halogenated alkanes) is 1. The summed E-state index contributed by atoms with van der Waals surface area (Å²) >= 11 is 0. The van der Waals surface area contributed by atoms with E-state index in [0.29, 0.717) is 6.04 Å². The van der Waals surface area contributed by atoms with E-state index in [1.54, 1.807) is 0 Å². The van der Waals surface area contributed by atoms with Crippen LogP contribution >= 0.6 is 0 Å². The van der Waals surface area contributed by atoms with Crippen molar-refractivity contribution in [2.45, 2.75) is 46.1 Å². The summed E-state index contributed by atoms with van der Waals surface area (Å²) in [6, 6.07) is 6.43. The Morgan fingerprint density at radius 1 is 1.19 bits per heavy atom. The number of nitrogens with zero attached hydrogens (tertiary/aromatic N) is 1. The van der Waals surface area contributed by atoms with Gasteiger partial charge in [0.1, 0.15) is 0 Å². The van der Waals surface area contributed by atoms with Gasteiger partial charge in [-0.25, -0.2) is 0 Å². The van der Waals surface area contributed by atoms with Gasteiger partial charge in [-0.05, 0) is 37.9 Å². The number of aromatic nitrogens is 1. The molecule has 1 heterocycles. The van der Waals surface area contributed by atoms with E-state index in [1.807, 2.05) is 18.3 Å². The van der Waals surface area contributed by atoms with Crippen LogP contribution in [0.5, 0.6) is 0 Å². The van der Waals surface area contributed by atoms with Gasteiger partial charge in [0.15, 0.2) is 0 Å². The molecule has 0 radical (unpaired) electrons. The number of rotatable bonds is 7. The van der Waals surface area contributed by atoms with Crippen molar-refractivity contribution in [1.29, 1.82) is 0 Å². The lowest BCUT2D eigenvalue weighted by atomic mass is 10.1. The monoisotopic (exact) mass is 220 g/mol. The van der Waals surface area contributed by atoms with Crippen LogP contribution < -0.4 is 5.32 Å². The molecular weight excluding hydrogens is 196 g/mol. The summed E-state index contributed by atoms with van der Waals surface area (Å²) in [5.41, 5.74) is 1.13. The molecule has 0 amide bonds. The van der Waals surface area contributed by atoms with E-state index in [9.17, 15) is 0 Å². The second-order valence-electron chi connectivity index (χ2n) is 4.82. The third-order valence-corrected chi connectivity index (χ3v) is 2.79. The summed E-state index contributed by atoms with van der Waals surface area (Å²) < 4.78 is 0. The van der Waals surface area contributed by atoms with E-state index >= 15 is 0 Å². The van der Waals surface area contributed by atoms with Crippen LogP contribution in [0.25, 0.3) is 0 Å². The molecule has 1 rings (SSSR count). The van der Waals surface area contributed by atoms with Gasteiger partial charge in [0.2, 0.25) is 0 Å². The van der Waals surface area contributed by atoms with Crippen LogP contribution in [0.3, 0.4) is 0 Å². The van der Waals surface area contributed by atoms with Gasteiger partial charge in [0, 0.05) is 12.2 Å². The summed E-state index contributed by atoms with van der Waals surface area (Å²) in [5.74, 6) is 0.827. The van der Waals surface area contributed by atoms with Crippen molar-refractivity contribution >= 4 is 0 Å². The number of nitrogens with one attached hydrogen (secondary N) is 1. The fourth-order valence-corrected chi connectivity index (χ4v) is 1.73. The van der Waals surface area contributed by atoms with Crippen LogP contribution in [0.15, 0.2) is 24.4 Å². The number of pyridine rings is 1. The second kappa shape index (κ2) is 7.39. The molecule has 2 heteroatoms. The first-order chi connectivity index (χ1) is 7.70. The molecule has 0 aliphatic carbocycles. The van der Waals surface area contributed by atoms with Crippen molar-refractivity contribution in [2.24, 2.45) is 5.92 Å². The lowest BCUT2D eigenvalue weighted by molar-refractivity contribution is 0.494. The molecule has 0 saturated heterocycles.